The van der Waals surface area contributed by atoms with Crippen molar-refractivity contribution in [2.75, 3.05) is 5.32 Å². The zero-order valence-corrected chi connectivity index (χ0v) is 11.9. The molecule has 86 valence electrons. The van der Waals surface area contributed by atoms with E-state index in [2.05, 4.69) is 57.6 Å². The van der Waals surface area contributed by atoms with Gasteiger partial charge in [0.05, 0.1) is 6.54 Å². The van der Waals surface area contributed by atoms with Gasteiger partial charge in [-0.05, 0) is 69.8 Å². The Morgan fingerprint density at radius 1 is 1.18 bits per heavy atom. The quantitative estimate of drug-likeness (QED) is 0.689. The molecule has 0 saturated heterocycles. The van der Waals surface area contributed by atoms with Gasteiger partial charge in [0.2, 0.25) is 0 Å². The van der Waals surface area contributed by atoms with Gasteiger partial charge in [-0.3, -0.25) is 0 Å². The van der Waals surface area contributed by atoms with Gasteiger partial charge < -0.3 is 9.73 Å². The maximum atomic E-state index is 5.50. The van der Waals surface area contributed by atoms with Crippen LogP contribution in [0.25, 0.3) is 10.1 Å². The summed E-state index contributed by atoms with van der Waals surface area (Å²) >= 11 is 3.94. The Morgan fingerprint density at radius 2 is 2.12 bits per heavy atom. The van der Waals surface area contributed by atoms with Crippen LogP contribution in [-0.2, 0) is 6.54 Å². The molecule has 0 amide bonds. The van der Waals surface area contributed by atoms with E-state index in [1.807, 2.05) is 12.1 Å². The third-order valence-corrected chi connectivity index (χ3v) is 4.03. The lowest BCUT2D eigenvalue weighted by atomic mass is 10.2. The smallest absolute Gasteiger partial charge is 0.164 e. The minimum atomic E-state index is 0.721. The molecule has 0 unspecified atom stereocenters. The fourth-order valence-electron chi connectivity index (χ4n) is 1.71. The van der Waals surface area contributed by atoms with Crippen molar-refractivity contribution >= 4 is 49.7 Å². The minimum Gasteiger partial charge on any atom is -0.454 e. The molecule has 0 radical (unpaired) electrons. The van der Waals surface area contributed by atoms with Gasteiger partial charge in [-0.15, -0.1) is 11.3 Å². The lowest BCUT2D eigenvalue weighted by molar-refractivity contribution is 0.493. The van der Waals surface area contributed by atoms with Crippen LogP contribution in [0.15, 0.2) is 46.2 Å². The largest absolute Gasteiger partial charge is 0.454 e. The Bertz CT molecular complexity index is 643. The molecule has 1 aromatic carbocycles. The summed E-state index contributed by atoms with van der Waals surface area (Å²) in [6.07, 6.45) is 0. The van der Waals surface area contributed by atoms with Crippen molar-refractivity contribution in [3.8, 4) is 0 Å². The number of fused-ring (bicyclic) bond motifs is 1. The molecule has 2 heterocycles. The van der Waals surface area contributed by atoms with Crippen LogP contribution in [0.3, 0.4) is 0 Å². The van der Waals surface area contributed by atoms with Crippen LogP contribution in [0.4, 0.5) is 5.69 Å². The van der Waals surface area contributed by atoms with Crippen molar-refractivity contribution in [2.45, 2.75) is 6.54 Å². The molecule has 2 nitrogen and oxygen atoms in total. The van der Waals surface area contributed by atoms with Crippen LogP contribution >= 0.6 is 33.9 Å². The van der Waals surface area contributed by atoms with E-state index in [0.717, 1.165) is 21.8 Å². The van der Waals surface area contributed by atoms with Gasteiger partial charge in [-0.2, -0.15) is 0 Å². The number of hydrogen-bond acceptors (Lipinski definition) is 3. The first-order valence-electron chi connectivity index (χ1n) is 5.26. The molecular formula is C13H10INOS. The van der Waals surface area contributed by atoms with Gasteiger partial charge in [-0.1, -0.05) is 0 Å². The first-order valence-corrected chi connectivity index (χ1v) is 7.22. The molecular weight excluding hydrogens is 345 g/mol. The van der Waals surface area contributed by atoms with E-state index >= 15 is 0 Å². The zero-order chi connectivity index (χ0) is 11.7. The summed E-state index contributed by atoms with van der Waals surface area (Å²) in [5, 5.41) is 6.76. The summed E-state index contributed by atoms with van der Waals surface area (Å²) in [5.41, 5.74) is 1.13. The third-order valence-electron chi connectivity index (χ3n) is 2.55. The minimum absolute atomic E-state index is 0.721. The van der Waals surface area contributed by atoms with Gasteiger partial charge >= 0.3 is 0 Å². The Morgan fingerprint density at radius 3 is 2.94 bits per heavy atom. The Kier molecular flexibility index (Phi) is 3.07. The fourth-order valence-corrected chi connectivity index (χ4v) is 2.95. The van der Waals surface area contributed by atoms with Crippen LogP contribution in [0.1, 0.15) is 5.76 Å². The summed E-state index contributed by atoms with van der Waals surface area (Å²) < 4.78 is 7.75. The molecule has 4 heteroatoms. The molecule has 3 rings (SSSR count). The zero-order valence-electron chi connectivity index (χ0n) is 8.94. The number of rotatable bonds is 3. The van der Waals surface area contributed by atoms with E-state index in [1.54, 1.807) is 11.3 Å². The molecule has 3 aromatic rings. The van der Waals surface area contributed by atoms with Gasteiger partial charge in [0, 0.05) is 10.4 Å². The molecule has 0 bridgehead atoms. The summed E-state index contributed by atoms with van der Waals surface area (Å²) in [7, 11) is 0. The first-order chi connectivity index (χ1) is 8.31. The highest BCUT2D eigenvalue weighted by Gasteiger charge is 2.00. The number of furan rings is 1. The molecule has 2 aromatic heterocycles. The number of nitrogens with one attached hydrogen (secondary N) is 1. The highest BCUT2D eigenvalue weighted by Crippen LogP contribution is 2.24. The predicted octanol–water partition coefficient (Wildman–Crippen LogP) is 4.71. The van der Waals surface area contributed by atoms with E-state index in [-0.39, 0.29) is 0 Å². The van der Waals surface area contributed by atoms with Crippen molar-refractivity contribution in [3.63, 3.8) is 0 Å². The molecule has 0 fully saturated rings. The Balaban J connectivity index is 1.76. The molecule has 0 saturated carbocycles. The lowest BCUT2D eigenvalue weighted by Crippen LogP contribution is -1.97. The van der Waals surface area contributed by atoms with Crippen LogP contribution in [0, 0.1) is 3.77 Å². The number of thiophene rings is 1. The van der Waals surface area contributed by atoms with Gasteiger partial charge in [0.1, 0.15) is 5.76 Å². The number of halogens is 1. The highest BCUT2D eigenvalue weighted by atomic mass is 127. The molecule has 0 aliphatic rings. The van der Waals surface area contributed by atoms with E-state index < -0.39 is 0 Å². The first kappa shape index (κ1) is 11.1. The van der Waals surface area contributed by atoms with Gasteiger partial charge in [0.15, 0.2) is 3.77 Å². The van der Waals surface area contributed by atoms with Gasteiger partial charge in [-0.25, -0.2) is 0 Å². The summed E-state index contributed by atoms with van der Waals surface area (Å²) in [6.45, 7) is 0.721. The van der Waals surface area contributed by atoms with E-state index in [9.17, 15) is 0 Å². The number of hydrogen-bond donors (Lipinski definition) is 1. The van der Waals surface area contributed by atoms with Crippen molar-refractivity contribution in [1.82, 2.24) is 0 Å². The molecule has 1 N–H and O–H groups in total. The molecule has 0 atom stereocenters. The van der Waals surface area contributed by atoms with Crippen molar-refractivity contribution < 1.29 is 4.42 Å². The van der Waals surface area contributed by atoms with Crippen molar-refractivity contribution in [1.29, 1.82) is 0 Å². The summed E-state index contributed by atoms with van der Waals surface area (Å²) in [5.74, 6) is 0.958. The second kappa shape index (κ2) is 4.70. The standard InChI is InChI=1S/C13H10INOS/c14-13-4-2-11(16-13)8-15-10-1-3-12-9(7-10)5-6-17-12/h1-7,15H,8H2. The fraction of sp³-hybridized carbons (Fsp3) is 0.0769. The normalized spacial score (nSPS) is 10.9. The lowest BCUT2D eigenvalue weighted by Gasteiger charge is -2.04. The highest BCUT2D eigenvalue weighted by molar-refractivity contribution is 14.1. The SMILES string of the molecule is Ic1ccc(CNc2ccc3sccc3c2)o1. The Labute approximate surface area is 117 Å². The third kappa shape index (κ3) is 2.47. The topological polar surface area (TPSA) is 25.2 Å². The Hall–Kier alpha value is -1.01. The predicted molar refractivity (Wildman–Crippen MR) is 80.6 cm³/mol. The molecule has 17 heavy (non-hydrogen) atoms. The van der Waals surface area contributed by atoms with E-state index in [1.165, 1.54) is 10.1 Å². The van der Waals surface area contributed by atoms with Crippen molar-refractivity contribution in [2.24, 2.45) is 0 Å². The van der Waals surface area contributed by atoms with E-state index in [4.69, 9.17) is 4.42 Å². The number of benzene rings is 1. The maximum Gasteiger partial charge on any atom is 0.164 e. The van der Waals surface area contributed by atoms with Crippen LogP contribution in [-0.4, -0.2) is 0 Å². The van der Waals surface area contributed by atoms with Gasteiger partial charge in [0.25, 0.3) is 0 Å². The number of anilines is 1. The van der Waals surface area contributed by atoms with E-state index in [0.29, 0.717) is 0 Å². The van der Waals surface area contributed by atoms with Crippen LogP contribution in [0.2, 0.25) is 0 Å². The van der Waals surface area contributed by atoms with Crippen LogP contribution < -0.4 is 5.32 Å². The molecule has 0 aliphatic heterocycles. The maximum absolute atomic E-state index is 5.50. The van der Waals surface area contributed by atoms with Crippen molar-refractivity contribution in [3.05, 3.63) is 51.3 Å². The second-order valence-corrected chi connectivity index (χ2v) is 5.74. The summed E-state index contributed by atoms with van der Waals surface area (Å²) in [6, 6.07) is 12.5. The summed E-state index contributed by atoms with van der Waals surface area (Å²) in [4.78, 5) is 0. The van der Waals surface area contributed by atoms with Crippen LogP contribution in [0.5, 0.6) is 0 Å². The second-order valence-electron chi connectivity index (χ2n) is 3.73. The monoisotopic (exact) mass is 355 g/mol. The molecule has 0 aliphatic carbocycles. The average Bonchev–Trinajstić information content (AvgIpc) is 2.94. The molecule has 0 spiro atoms. The average molecular weight is 355 g/mol.